The standard InChI is InChI=1S/C20H33BrN2O3/c1-12-4-3-5-14-10-17(22-19(12)14)20(25)23-16(11-18(24)26-2)13-6-8-15(21)9-7-13/h12-17,19,22H,3-11H2,1-2H3,(H,23,25)/t12?,13?,14?,15?,16-,17?,19?/m1/s1. The van der Waals surface area contributed by atoms with Gasteiger partial charge in [0, 0.05) is 16.9 Å². The van der Waals surface area contributed by atoms with Crippen molar-refractivity contribution in [1.82, 2.24) is 10.6 Å². The molecule has 0 bridgehead atoms. The maximum Gasteiger partial charge on any atom is 0.307 e. The van der Waals surface area contributed by atoms with E-state index >= 15 is 0 Å². The predicted octanol–water partition coefficient (Wildman–Crippen LogP) is 3.15. The van der Waals surface area contributed by atoms with Gasteiger partial charge in [0.1, 0.15) is 0 Å². The van der Waals surface area contributed by atoms with Crippen LogP contribution in [0.2, 0.25) is 0 Å². The molecule has 2 saturated carbocycles. The molecular weight excluding hydrogens is 396 g/mol. The molecule has 0 aromatic rings. The molecule has 148 valence electrons. The van der Waals surface area contributed by atoms with Crippen molar-refractivity contribution in [3.63, 3.8) is 0 Å². The van der Waals surface area contributed by atoms with Gasteiger partial charge in [-0.2, -0.15) is 0 Å². The van der Waals surface area contributed by atoms with Gasteiger partial charge in [-0.25, -0.2) is 0 Å². The van der Waals surface area contributed by atoms with Gasteiger partial charge in [0.2, 0.25) is 5.91 Å². The zero-order chi connectivity index (χ0) is 18.7. The van der Waals surface area contributed by atoms with Gasteiger partial charge in [-0.05, 0) is 62.7 Å². The third-order valence-corrected chi connectivity index (χ3v) is 7.73. The van der Waals surface area contributed by atoms with Crippen LogP contribution in [0.25, 0.3) is 0 Å². The Balaban J connectivity index is 1.60. The highest BCUT2D eigenvalue weighted by Crippen LogP contribution is 2.37. The number of hydrogen-bond donors (Lipinski definition) is 2. The van der Waals surface area contributed by atoms with Gasteiger partial charge in [0.05, 0.1) is 19.6 Å². The summed E-state index contributed by atoms with van der Waals surface area (Å²) in [7, 11) is 1.42. The average molecular weight is 429 g/mol. The number of carbonyl (C=O) groups excluding carboxylic acids is 2. The summed E-state index contributed by atoms with van der Waals surface area (Å²) in [6.07, 6.45) is 9.24. The number of methoxy groups -OCH3 is 1. The molecule has 1 amide bonds. The molecule has 0 aromatic heterocycles. The average Bonchev–Trinajstić information content (AvgIpc) is 3.07. The van der Waals surface area contributed by atoms with E-state index in [1.165, 1.54) is 26.4 Å². The van der Waals surface area contributed by atoms with E-state index in [-0.39, 0.29) is 30.4 Å². The van der Waals surface area contributed by atoms with Crippen LogP contribution < -0.4 is 10.6 Å². The van der Waals surface area contributed by atoms with Crippen molar-refractivity contribution in [2.75, 3.05) is 7.11 Å². The molecule has 3 fully saturated rings. The molecule has 5 atom stereocenters. The summed E-state index contributed by atoms with van der Waals surface area (Å²) >= 11 is 3.69. The third-order valence-electron chi connectivity index (χ3n) is 6.82. The number of carbonyl (C=O) groups is 2. The molecule has 1 aliphatic heterocycles. The van der Waals surface area contributed by atoms with Gasteiger partial charge in [0.15, 0.2) is 0 Å². The van der Waals surface area contributed by atoms with Gasteiger partial charge in [-0.1, -0.05) is 29.3 Å². The lowest BCUT2D eigenvalue weighted by atomic mass is 9.78. The molecule has 3 aliphatic rings. The first kappa shape index (κ1) is 20.1. The number of ether oxygens (including phenoxy) is 1. The van der Waals surface area contributed by atoms with E-state index in [1.807, 2.05) is 0 Å². The molecular formula is C20H33BrN2O3. The second kappa shape index (κ2) is 9.05. The van der Waals surface area contributed by atoms with Crippen molar-refractivity contribution in [1.29, 1.82) is 0 Å². The number of halogens is 1. The molecule has 2 N–H and O–H groups in total. The quantitative estimate of drug-likeness (QED) is 0.521. The van der Waals surface area contributed by atoms with Crippen molar-refractivity contribution >= 4 is 27.8 Å². The van der Waals surface area contributed by atoms with Gasteiger partial charge < -0.3 is 15.4 Å². The van der Waals surface area contributed by atoms with Crippen LogP contribution in [0.5, 0.6) is 0 Å². The molecule has 2 aliphatic carbocycles. The smallest absolute Gasteiger partial charge is 0.307 e. The summed E-state index contributed by atoms with van der Waals surface area (Å²) in [5.74, 6) is 1.46. The lowest BCUT2D eigenvalue weighted by Crippen LogP contribution is -2.50. The minimum atomic E-state index is -0.238. The Bertz CT molecular complexity index is 507. The summed E-state index contributed by atoms with van der Waals surface area (Å²) in [5.41, 5.74) is 0. The van der Waals surface area contributed by atoms with Gasteiger partial charge in [-0.3, -0.25) is 9.59 Å². The van der Waals surface area contributed by atoms with Gasteiger partial charge in [0.25, 0.3) is 0 Å². The second-order valence-corrected chi connectivity index (χ2v) is 9.85. The summed E-state index contributed by atoms with van der Waals surface area (Å²) in [5, 5.41) is 6.81. The monoisotopic (exact) mass is 428 g/mol. The fraction of sp³-hybridized carbons (Fsp3) is 0.900. The van der Waals surface area contributed by atoms with Crippen LogP contribution in [0.4, 0.5) is 0 Å². The Morgan fingerprint density at radius 3 is 2.58 bits per heavy atom. The fourth-order valence-corrected chi connectivity index (χ4v) is 5.77. The van der Waals surface area contributed by atoms with Crippen LogP contribution >= 0.6 is 15.9 Å². The maximum atomic E-state index is 12.9. The van der Waals surface area contributed by atoms with Crippen LogP contribution in [-0.2, 0) is 14.3 Å². The first-order valence-electron chi connectivity index (χ1n) is 10.2. The number of alkyl halides is 1. The minimum absolute atomic E-state index is 0.0708. The van der Waals surface area contributed by atoms with E-state index in [1.54, 1.807) is 0 Å². The van der Waals surface area contributed by atoms with Crippen molar-refractivity contribution in [3.8, 4) is 0 Å². The van der Waals surface area contributed by atoms with Crippen molar-refractivity contribution < 1.29 is 14.3 Å². The highest BCUT2D eigenvalue weighted by Gasteiger charge is 2.42. The molecule has 0 radical (unpaired) electrons. The number of esters is 1. The second-order valence-electron chi connectivity index (χ2n) is 8.56. The summed E-state index contributed by atoms with van der Waals surface area (Å²) < 4.78 is 4.88. The summed E-state index contributed by atoms with van der Waals surface area (Å²) in [4.78, 5) is 25.4. The number of hydrogen-bond acceptors (Lipinski definition) is 4. The van der Waals surface area contributed by atoms with Crippen molar-refractivity contribution in [3.05, 3.63) is 0 Å². The topological polar surface area (TPSA) is 67.4 Å². The van der Waals surface area contributed by atoms with Crippen molar-refractivity contribution in [2.24, 2.45) is 17.8 Å². The van der Waals surface area contributed by atoms with E-state index in [4.69, 9.17) is 4.74 Å². The SMILES string of the molecule is COC(=O)C[C@@H](NC(=O)C1CC2CCCC(C)C2N1)C1CCC(Br)CC1. The van der Waals surface area contributed by atoms with Crippen LogP contribution in [0.3, 0.4) is 0 Å². The Morgan fingerprint density at radius 2 is 1.92 bits per heavy atom. The highest BCUT2D eigenvalue weighted by molar-refractivity contribution is 9.09. The normalized spacial score (nSPS) is 38.3. The van der Waals surface area contributed by atoms with Crippen LogP contribution in [0.1, 0.15) is 64.7 Å². The molecule has 3 rings (SSSR count). The number of rotatable bonds is 5. The number of nitrogens with one attached hydrogen (secondary N) is 2. The zero-order valence-corrected chi connectivity index (χ0v) is 17.6. The van der Waals surface area contributed by atoms with Crippen LogP contribution in [-0.4, -0.2) is 41.9 Å². The molecule has 1 heterocycles. The molecule has 0 aromatic carbocycles. The van der Waals surface area contributed by atoms with Crippen LogP contribution in [0, 0.1) is 17.8 Å². The first-order chi connectivity index (χ1) is 12.5. The molecule has 1 saturated heterocycles. The first-order valence-corrected chi connectivity index (χ1v) is 11.2. The Kier molecular flexibility index (Phi) is 7.00. The Labute approximate surface area is 165 Å². The lowest BCUT2D eigenvalue weighted by molar-refractivity contribution is -0.141. The predicted molar refractivity (Wildman–Crippen MR) is 105 cm³/mol. The molecule has 5 nitrogen and oxygen atoms in total. The van der Waals surface area contributed by atoms with E-state index < -0.39 is 0 Å². The largest absolute Gasteiger partial charge is 0.469 e. The zero-order valence-electron chi connectivity index (χ0n) is 16.0. The highest BCUT2D eigenvalue weighted by atomic mass is 79.9. The van der Waals surface area contributed by atoms with E-state index in [9.17, 15) is 9.59 Å². The Hall–Kier alpha value is -0.620. The number of amides is 1. The van der Waals surface area contributed by atoms with Crippen LogP contribution in [0.15, 0.2) is 0 Å². The number of fused-ring (bicyclic) bond motifs is 1. The molecule has 26 heavy (non-hydrogen) atoms. The van der Waals surface area contributed by atoms with E-state index in [0.717, 1.165) is 32.1 Å². The third kappa shape index (κ3) is 4.80. The van der Waals surface area contributed by atoms with E-state index in [0.29, 0.717) is 28.6 Å². The van der Waals surface area contributed by atoms with E-state index in [2.05, 4.69) is 33.5 Å². The van der Waals surface area contributed by atoms with Gasteiger partial charge in [-0.15, -0.1) is 0 Å². The summed E-state index contributed by atoms with van der Waals surface area (Å²) in [6.45, 7) is 2.29. The summed E-state index contributed by atoms with van der Waals surface area (Å²) in [6, 6.07) is 0.248. The fourth-order valence-electron chi connectivity index (χ4n) is 5.24. The maximum absolute atomic E-state index is 12.9. The lowest BCUT2D eigenvalue weighted by Gasteiger charge is -2.33. The van der Waals surface area contributed by atoms with Gasteiger partial charge >= 0.3 is 5.97 Å². The van der Waals surface area contributed by atoms with Crippen molar-refractivity contribution in [2.45, 2.75) is 87.7 Å². The Morgan fingerprint density at radius 1 is 1.19 bits per heavy atom. The molecule has 6 heteroatoms. The minimum Gasteiger partial charge on any atom is -0.469 e. The molecule has 0 spiro atoms. The molecule has 4 unspecified atom stereocenters.